The van der Waals surface area contributed by atoms with Gasteiger partial charge in [0.25, 0.3) is 5.91 Å². The highest BCUT2D eigenvalue weighted by molar-refractivity contribution is 7.13. The Kier molecular flexibility index (Phi) is 4.24. The third kappa shape index (κ3) is 3.54. The van der Waals surface area contributed by atoms with Gasteiger partial charge >= 0.3 is 6.18 Å². The minimum Gasteiger partial charge on any atom is -0.288 e. The standard InChI is InChI=1S/C13H7ClF3N5OS/c14-7-3-1-6(2-4-7)10-18-8(5-24-10)9(23)19-12-20-11(21-22-12)13(15,16)17/h1-5H,(H2,19,20,21,22,23). The zero-order valence-corrected chi connectivity index (χ0v) is 13.1. The summed E-state index contributed by atoms with van der Waals surface area (Å²) in [6.45, 7) is 0. The van der Waals surface area contributed by atoms with Crippen molar-refractivity contribution in [2.45, 2.75) is 6.18 Å². The van der Waals surface area contributed by atoms with E-state index in [4.69, 9.17) is 11.6 Å². The largest absolute Gasteiger partial charge is 0.451 e. The van der Waals surface area contributed by atoms with Gasteiger partial charge < -0.3 is 0 Å². The zero-order chi connectivity index (χ0) is 17.3. The third-order valence-corrected chi connectivity index (χ3v) is 3.95. The molecule has 0 aliphatic carbocycles. The Labute approximate surface area is 141 Å². The van der Waals surface area contributed by atoms with Crippen molar-refractivity contribution in [2.24, 2.45) is 0 Å². The van der Waals surface area contributed by atoms with Gasteiger partial charge in [-0.15, -0.1) is 16.4 Å². The third-order valence-electron chi connectivity index (χ3n) is 2.81. The predicted molar refractivity (Wildman–Crippen MR) is 81.9 cm³/mol. The molecular weight excluding hydrogens is 367 g/mol. The number of nitrogens with one attached hydrogen (secondary N) is 2. The van der Waals surface area contributed by atoms with Gasteiger partial charge in [-0.05, 0) is 12.1 Å². The Morgan fingerprint density at radius 3 is 2.54 bits per heavy atom. The summed E-state index contributed by atoms with van der Waals surface area (Å²) >= 11 is 7.01. The summed E-state index contributed by atoms with van der Waals surface area (Å²) in [4.78, 5) is 19.3. The van der Waals surface area contributed by atoms with Gasteiger partial charge in [-0.2, -0.15) is 18.2 Å². The number of H-pyrrole nitrogens is 1. The van der Waals surface area contributed by atoms with Crippen LogP contribution in [0.2, 0.25) is 5.02 Å². The average Bonchev–Trinajstić information content (AvgIpc) is 3.16. The number of alkyl halides is 3. The Morgan fingerprint density at radius 2 is 1.92 bits per heavy atom. The number of carbonyl (C=O) groups excluding carboxylic acids is 1. The van der Waals surface area contributed by atoms with Crippen molar-refractivity contribution in [2.75, 3.05) is 5.32 Å². The van der Waals surface area contributed by atoms with Crippen molar-refractivity contribution in [1.82, 2.24) is 20.2 Å². The number of hydrogen-bond acceptors (Lipinski definition) is 5. The quantitative estimate of drug-likeness (QED) is 0.730. The van der Waals surface area contributed by atoms with Crippen molar-refractivity contribution in [1.29, 1.82) is 0 Å². The van der Waals surface area contributed by atoms with Gasteiger partial charge in [0.15, 0.2) is 0 Å². The monoisotopic (exact) mass is 373 g/mol. The summed E-state index contributed by atoms with van der Waals surface area (Å²) in [6, 6.07) is 6.86. The van der Waals surface area contributed by atoms with Crippen LogP contribution >= 0.6 is 22.9 Å². The van der Waals surface area contributed by atoms with Crippen molar-refractivity contribution in [3.05, 3.63) is 46.2 Å². The first kappa shape index (κ1) is 16.4. The van der Waals surface area contributed by atoms with Gasteiger partial charge in [-0.1, -0.05) is 23.7 Å². The Hall–Kier alpha value is -2.46. The summed E-state index contributed by atoms with van der Waals surface area (Å²) < 4.78 is 37.2. The van der Waals surface area contributed by atoms with E-state index in [1.165, 1.54) is 16.7 Å². The Bertz CT molecular complexity index is 874. The second-order valence-corrected chi connectivity index (χ2v) is 5.80. The highest BCUT2D eigenvalue weighted by atomic mass is 35.5. The lowest BCUT2D eigenvalue weighted by Crippen LogP contribution is -2.14. The molecule has 0 bridgehead atoms. The molecule has 1 aromatic carbocycles. The van der Waals surface area contributed by atoms with Crippen LogP contribution in [0.25, 0.3) is 10.6 Å². The van der Waals surface area contributed by atoms with E-state index in [1.807, 2.05) is 0 Å². The van der Waals surface area contributed by atoms with Gasteiger partial charge in [-0.25, -0.2) is 4.98 Å². The molecule has 0 spiro atoms. The summed E-state index contributed by atoms with van der Waals surface area (Å²) in [6.07, 6.45) is -4.67. The van der Waals surface area contributed by atoms with Crippen LogP contribution in [0.1, 0.15) is 16.3 Å². The molecule has 0 fully saturated rings. The van der Waals surface area contributed by atoms with Crippen LogP contribution in [0.15, 0.2) is 29.6 Å². The molecule has 0 atom stereocenters. The van der Waals surface area contributed by atoms with E-state index in [0.717, 1.165) is 5.56 Å². The molecule has 1 amide bonds. The lowest BCUT2D eigenvalue weighted by Gasteiger charge is -1.99. The van der Waals surface area contributed by atoms with Crippen molar-refractivity contribution >= 4 is 34.8 Å². The predicted octanol–water partition coefficient (Wildman–Crippen LogP) is 3.85. The second-order valence-electron chi connectivity index (χ2n) is 4.50. The van der Waals surface area contributed by atoms with Crippen molar-refractivity contribution in [3.8, 4) is 10.6 Å². The van der Waals surface area contributed by atoms with Gasteiger partial charge in [0.05, 0.1) is 0 Å². The molecule has 0 radical (unpaired) electrons. The minimum atomic E-state index is -4.67. The van der Waals surface area contributed by atoms with Crippen LogP contribution in [0, 0.1) is 0 Å². The molecule has 2 N–H and O–H groups in total. The maximum atomic E-state index is 12.4. The number of halogens is 4. The molecule has 124 valence electrons. The fourth-order valence-electron chi connectivity index (χ4n) is 1.71. The summed E-state index contributed by atoms with van der Waals surface area (Å²) in [5, 5.41) is 9.78. The number of hydrogen-bond donors (Lipinski definition) is 2. The molecule has 6 nitrogen and oxygen atoms in total. The molecule has 3 aromatic rings. The molecule has 0 unspecified atom stereocenters. The van der Waals surface area contributed by atoms with Gasteiger partial charge in [-0.3, -0.25) is 15.2 Å². The molecule has 0 aliphatic rings. The van der Waals surface area contributed by atoms with Crippen LogP contribution in [0.3, 0.4) is 0 Å². The van der Waals surface area contributed by atoms with Gasteiger partial charge in [0.2, 0.25) is 11.8 Å². The Balaban J connectivity index is 1.74. The first-order valence-electron chi connectivity index (χ1n) is 6.35. The first-order chi connectivity index (χ1) is 11.3. The SMILES string of the molecule is O=C(Nc1n[nH]c(C(F)(F)F)n1)c1csc(-c2ccc(Cl)cc2)n1. The zero-order valence-electron chi connectivity index (χ0n) is 11.6. The summed E-state index contributed by atoms with van der Waals surface area (Å²) in [5.74, 6) is -2.48. The molecule has 0 aliphatic heterocycles. The minimum absolute atomic E-state index is 0.0447. The normalized spacial score (nSPS) is 11.5. The van der Waals surface area contributed by atoms with Gasteiger partial charge in [0.1, 0.15) is 10.7 Å². The number of aromatic nitrogens is 4. The van der Waals surface area contributed by atoms with Crippen molar-refractivity contribution in [3.63, 3.8) is 0 Å². The molecule has 0 saturated carbocycles. The smallest absolute Gasteiger partial charge is 0.288 e. The van der Waals surface area contributed by atoms with E-state index in [1.54, 1.807) is 29.4 Å². The highest BCUT2D eigenvalue weighted by Crippen LogP contribution is 2.27. The van der Waals surface area contributed by atoms with Crippen LogP contribution < -0.4 is 5.32 Å². The number of nitrogens with zero attached hydrogens (tertiary/aromatic N) is 3. The number of carbonyl (C=O) groups is 1. The first-order valence-corrected chi connectivity index (χ1v) is 7.61. The number of rotatable bonds is 3. The lowest BCUT2D eigenvalue weighted by molar-refractivity contribution is -0.144. The fourth-order valence-corrected chi connectivity index (χ4v) is 2.65. The number of amides is 1. The van der Waals surface area contributed by atoms with E-state index in [9.17, 15) is 18.0 Å². The number of benzene rings is 1. The molecule has 24 heavy (non-hydrogen) atoms. The number of thiazole rings is 1. The van der Waals surface area contributed by atoms with Crippen LogP contribution in [0.5, 0.6) is 0 Å². The summed E-state index contributed by atoms with van der Waals surface area (Å²) in [5.41, 5.74) is 0.809. The van der Waals surface area contributed by atoms with E-state index in [2.05, 4.69) is 20.4 Å². The average molecular weight is 374 g/mol. The molecule has 3 rings (SSSR count). The van der Waals surface area contributed by atoms with Gasteiger partial charge in [0, 0.05) is 16.0 Å². The molecule has 0 saturated heterocycles. The van der Waals surface area contributed by atoms with E-state index < -0.39 is 23.9 Å². The van der Waals surface area contributed by atoms with Crippen molar-refractivity contribution < 1.29 is 18.0 Å². The maximum Gasteiger partial charge on any atom is 0.451 e. The molecule has 11 heteroatoms. The van der Waals surface area contributed by atoms with E-state index in [0.29, 0.717) is 10.0 Å². The van der Waals surface area contributed by atoms with Crippen LogP contribution in [-0.4, -0.2) is 26.1 Å². The fraction of sp³-hybridized carbons (Fsp3) is 0.0769. The second kappa shape index (κ2) is 6.21. The lowest BCUT2D eigenvalue weighted by atomic mass is 10.2. The highest BCUT2D eigenvalue weighted by Gasteiger charge is 2.35. The summed E-state index contributed by atoms with van der Waals surface area (Å²) in [7, 11) is 0. The van der Waals surface area contributed by atoms with E-state index >= 15 is 0 Å². The molecule has 2 heterocycles. The maximum absolute atomic E-state index is 12.4. The molecule has 2 aromatic heterocycles. The van der Waals surface area contributed by atoms with Crippen LogP contribution in [-0.2, 0) is 6.18 Å². The number of anilines is 1. The van der Waals surface area contributed by atoms with E-state index in [-0.39, 0.29) is 5.69 Å². The topological polar surface area (TPSA) is 83.6 Å². The number of aromatic amines is 1. The van der Waals surface area contributed by atoms with Crippen LogP contribution in [0.4, 0.5) is 19.1 Å². The molecular formula is C13H7ClF3N5OS. The Morgan fingerprint density at radius 1 is 1.21 bits per heavy atom.